The van der Waals surface area contributed by atoms with Gasteiger partial charge in [0.05, 0.1) is 40.0 Å². The molecule has 0 amide bonds. The highest BCUT2D eigenvalue weighted by Gasteiger charge is 2.31. The number of nitrogens with zero attached hydrogens (tertiary/aromatic N) is 3. The lowest BCUT2D eigenvalue weighted by molar-refractivity contribution is 0.0600. The monoisotopic (exact) mass is 671 g/mol. The SMILES string of the molecule is COC(=O)c1ccc(-c2cccc(-c3c(-c4ncccc4C#N)c4cc(F)ccc4n3S(=O)(=O)c3ccc(C(F)F)cc3)c2)c(Cl)c1. The molecule has 0 aliphatic carbocycles. The van der Waals surface area contributed by atoms with E-state index in [-0.39, 0.29) is 54.5 Å². The molecule has 2 aromatic heterocycles. The number of nitriles is 1. The molecule has 2 heterocycles. The molecule has 0 N–H and O–H groups in total. The van der Waals surface area contributed by atoms with Crippen LogP contribution in [0.3, 0.4) is 0 Å². The molecule has 0 aliphatic rings. The summed E-state index contributed by atoms with van der Waals surface area (Å²) in [5, 5.41) is 10.4. The number of hydrogen-bond donors (Lipinski definition) is 0. The standard InChI is InChI=1S/C35H21ClF3N3O4S/c1-46-35(43)23-9-13-27(29(36)17-23)21-4-2-5-22(16-21)33-31(32-24(19-40)6-3-15-41-32)28-18-25(37)10-14-30(28)42(33)47(44,45)26-11-7-20(8-12-26)34(38)39/h2-18,34H,1H3. The van der Waals surface area contributed by atoms with Crippen LogP contribution >= 0.6 is 11.6 Å². The topological polar surface area (TPSA) is 102 Å². The van der Waals surface area contributed by atoms with Gasteiger partial charge >= 0.3 is 5.97 Å². The molecule has 6 rings (SSSR count). The van der Waals surface area contributed by atoms with E-state index in [1.54, 1.807) is 36.4 Å². The number of carbonyl (C=O) groups excluding carboxylic acids is 1. The quantitative estimate of drug-likeness (QED) is 0.157. The van der Waals surface area contributed by atoms with Gasteiger partial charge in [0.2, 0.25) is 0 Å². The van der Waals surface area contributed by atoms with Gasteiger partial charge in [-0.15, -0.1) is 0 Å². The van der Waals surface area contributed by atoms with Crippen LogP contribution in [-0.4, -0.2) is 30.5 Å². The van der Waals surface area contributed by atoms with Gasteiger partial charge in [0.15, 0.2) is 0 Å². The summed E-state index contributed by atoms with van der Waals surface area (Å²) in [6.45, 7) is 0. The molecule has 0 spiro atoms. The number of methoxy groups -OCH3 is 1. The van der Waals surface area contributed by atoms with Crippen molar-refractivity contribution in [2.75, 3.05) is 7.11 Å². The van der Waals surface area contributed by atoms with Crippen molar-refractivity contribution in [3.8, 4) is 39.7 Å². The van der Waals surface area contributed by atoms with Crippen LogP contribution in [0.1, 0.15) is 27.9 Å². The summed E-state index contributed by atoms with van der Waals surface area (Å²) in [4.78, 5) is 16.2. The van der Waals surface area contributed by atoms with E-state index in [4.69, 9.17) is 16.3 Å². The Kier molecular flexibility index (Phi) is 8.32. The number of fused-ring (bicyclic) bond motifs is 1. The van der Waals surface area contributed by atoms with Crippen molar-refractivity contribution in [2.24, 2.45) is 0 Å². The van der Waals surface area contributed by atoms with Crippen molar-refractivity contribution in [1.82, 2.24) is 8.96 Å². The molecule has 234 valence electrons. The third kappa shape index (κ3) is 5.62. The first-order valence-corrected chi connectivity index (χ1v) is 15.7. The van der Waals surface area contributed by atoms with E-state index in [0.717, 1.165) is 40.4 Å². The van der Waals surface area contributed by atoms with Gasteiger partial charge in [0.25, 0.3) is 16.4 Å². The Balaban J connectivity index is 1.70. The number of hydrogen-bond acceptors (Lipinski definition) is 6. The van der Waals surface area contributed by atoms with Gasteiger partial charge in [-0.3, -0.25) is 4.98 Å². The van der Waals surface area contributed by atoms with Gasteiger partial charge in [-0.2, -0.15) is 5.26 Å². The minimum atomic E-state index is -4.55. The lowest BCUT2D eigenvalue weighted by atomic mass is 9.96. The Labute approximate surface area is 272 Å². The summed E-state index contributed by atoms with van der Waals surface area (Å²) in [5.74, 6) is -1.24. The highest BCUT2D eigenvalue weighted by molar-refractivity contribution is 7.90. The fourth-order valence-electron chi connectivity index (χ4n) is 5.40. The minimum Gasteiger partial charge on any atom is -0.465 e. The highest BCUT2D eigenvalue weighted by atomic mass is 35.5. The number of esters is 1. The van der Waals surface area contributed by atoms with Crippen molar-refractivity contribution in [1.29, 1.82) is 5.26 Å². The van der Waals surface area contributed by atoms with E-state index in [2.05, 4.69) is 11.1 Å². The van der Waals surface area contributed by atoms with Gasteiger partial charge in [-0.25, -0.2) is 30.4 Å². The fraction of sp³-hybridized carbons (Fsp3) is 0.0571. The molecule has 0 fully saturated rings. The molecule has 0 radical (unpaired) electrons. The first kappa shape index (κ1) is 31.5. The van der Waals surface area contributed by atoms with E-state index in [1.165, 1.54) is 37.6 Å². The van der Waals surface area contributed by atoms with Gasteiger partial charge in [0, 0.05) is 38.9 Å². The van der Waals surface area contributed by atoms with Crippen LogP contribution in [0.25, 0.3) is 44.5 Å². The van der Waals surface area contributed by atoms with Gasteiger partial charge in [-0.1, -0.05) is 48.0 Å². The lowest BCUT2D eigenvalue weighted by Gasteiger charge is -2.15. The first-order valence-electron chi connectivity index (χ1n) is 13.9. The smallest absolute Gasteiger partial charge is 0.337 e. The van der Waals surface area contributed by atoms with E-state index >= 15 is 0 Å². The molecule has 7 nitrogen and oxygen atoms in total. The summed E-state index contributed by atoms with van der Waals surface area (Å²) in [6, 6.07) is 24.2. The Morgan fingerprint density at radius 3 is 2.38 bits per heavy atom. The molecule has 47 heavy (non-hydrogen) atoms. The molecule has 6 aromatic rings. The maximum atomic E-state index is 14.9. The second-order valence-electron chi connectivity index (χ2n) is 10.3. The summed E-state index contributed by atoms with van der Waals surface area (Å²) >= 11 is 6.58. The molecular formula is C35H21ClF3N3O4S. The van der Waals surface area contributed by atoms with Crippen molar-refractivity contribution < 1.29 is 31.1 Å². The zero-order chi connectivity index (χ0) is 33.5. The zero-order valence-corrected chi connectivity index (χ0v) is 25.9. The van der Waals surface area contributed by atoms with E-state index in [1.807, 2.05) is 0 Å². The maximum absolute atomic E-state index is 14.9. The van der Waals surface area contributed by atoms with Crippen LogP contribution in [0, 0.1) is 17.1 Å². The van der Waals surface area contributed by atoms with Crippen molar-refractivity contribution in [3.05, 3.63) is 131 Å². The minimum absolute atomic E-state index is 0.0443. The van der Waals surface area contributed by atoms with E-state index in [0.29, 0.717) is 16.7 Å². The number of benzene rings is 4. The predicted octanol–water partition coefficient (Wildman–Crippen LogP) is 8.66. The lowest BCUT2D eigenvalue weighted by Crippen LogP contribution is -2.14. The van der Waals surface area contributed by atoms with Crippen LogP contribution in [-0.2, 0) is 14.8 Å². The Morgan fingerprint density at radius 1 is 0.957 bits per heavy atom. The Hall–Kier alpha value is -5.44. The summed E-state index contributed by atoms with van der Waals surface area (Å²) in [5.41, 5.74) is 1.72. The highest BCUT2D eigenvalue weighted by Crippen LogP contribution is 2.44. The molecule has 12 heteroatoms. The second-order valence-corrected chi connectivity index (χ2v) is 12.5. The summed E-state index contributed by atoms with van der Waals surface area (Å²) < 4.78 is 76.3. The molecule has 0 saturated heterocycles. The van der Waals surface area contributed by atoms with Gasteiger partial charge in [-0.05, 0) is 66.2 Å². The fourth-order valence-corrected chi connectivity index (χ4v) is 7.24. The molecular weight excluding hydrogens is 651 g/mol. The summed E-state index contributed by atoms with van der Waals surface area (Å²) in [6.07, 6.45) is -1.38. The maximum Gasteiger partial charge on any atom is 0.337 e. The molecule has 0 bridgehead atoms. The third-order valence-electron chi connectivity index (χ3n) is 7.56. The molecule has 0 unspecified atom stereocenters. The first-order chi connectivity index (χ1) is 22.5. The van der Waals surface area contributed by atoms with Crippen LogP contribution < -0.4 is 0 Å². The number of rotatable bonds is 7. The second kappa shape index (κ2) is 12.4. The van der Waals surface area contributed by atoms with Crippen LogP contribution in [0.15, 0.2) is 108 Å². The average Bonchev–Trinajstić information content (AvgIpc) is 3.42. The van der Waals surface area contributed by atoms with Crippen molar-refractivity contribution in [3.63, 3.8) is 0 Å². The number of halogens is 4. The number of alkyl halides is 2. The largest absolute Gasteiger partial charge is 0.465 e. The van der Waals surface area contributed by atoms with Gasteiger partial charge in [0.1, 0.15) is 11.9 Å². The number of aromatic nitrogens is 2. The van der Waals surface area contributed by atoms with Crippen LogP contribution in [0.4, 0.5) is 13.2 Å². The number of carbonyl (C=O) groups is 1. The predicted molar refractivity (Wildman–Crippen MR) is 171 cm³/mol. The van der Waals surface area contributed by atoms with Crippen molar-refractivity contribution >= 4 is 38.5 Å². The molecule has 0 aliphatic heterocycles. The third-order valence-corrected chi connectivity index (χ3v) is 9.60. The normalized spacial score (nSPS) is 11.5. The van der Waals surface area contributed by atoms with Crippen LogP contribution in [0.2, 0.25) is 5.02 Å². The zero-order valence-electron chi connectivity index (χ0n) is 24.3. The van der Waals surface area contributed by atoms with E-state index < -0.39 is 28.2 Å². The number of ether oxygens (including phenoxy) is 1. The Morgan fingerprint density at radius 2 is 1.70 bits per heavy atom. The molecule has 0 saturated carbocycles. The molecule has 0 atom stereocenters. The Bertz CT molecular complexity index is 2350. The number of pyridine rings is 1. The summed E-state index contributed by atoms with van der Waals surface area (Å²) in [7, 11) is -3.30. The van der Waals surface area contributed by atoms with Crippen LogP contribution in [0.5, 0.6) is 0 Å². The molecule has 4 aromatic carbocycles. The van der Waals surface area contributed by atoms with Gasteiger partial charge < -0.3 is 4.74 Å². The van der Waals surface area contributed by atoms with Crippen molar-refractivity contribution in [2.45, 2.75) is 11.3 Å². The average molecular weight is 672 g/mol. The van der Waals surface area contributed by atoms with E-state index in [9.17, 15) is 31.6 Å².